The van der Waals surface area contributed by atoms with Gasteiger partial charge in [-0.05, 0) is 30.5 Å². The number of carbonyl (C=O) groups is 2. The summed E-state index contributed by atoms with van der Waals surface area (Å²) in [5, 5.41) is 15.2. The zero-order valence-electron chi connectivity index (χ0n) is 16.3. The van der Waals surface area contributed by atoms with E-state index in [4.69, 9.17) is 0 Å². The van der Waals surface area contributed by atoms with Crippen molar-refractivity contribution in [2.24, 2.45) is 0 Å². The van der Waals surface area contributed by atoms with Crippen LogP contribution in [0.15, 0.2) is 36.4 Å². The van der Waals surface area contributed by atoms with Gasteiger partial charge >= 0.3 is 6.92 Å². The lowest BCUT2D eigenvalue weighted by Crippen LogP contribution is -2.48. The van der Waals surface area contributed by atoms with Gasteiger partial charge in [0.2, 0.25) is 11.8 Å². The van der Waals surface area contributed by atoms with Crippen LogP contribution in [0.4, 0.5) is 8.78 Å². The van der Waals surface area contributed by atoms with Gasteiger partial charge in [0.1, 0.15) is 17.6 Å². The number of aromatic amines is 1. The first-order chi connectivity index (χ1) is 14.3. The first-order valence-electron chi connectivity index (χ1n) is 9.65. The van der Waals surface area contributed by atoms with Crippen molar-refractivity contribution in [3.05, 3.63) is 59.2 Å². The second-order valence-electron chi connectivity index (χ2n) is 7.51. The molecule has 6 nitrogen and oxygen atoms in total. The second-order valence-corrected chi connectivity index (χ2v) is 7.51. The Morgan fingerprint density at radius 1 is 1.27 bits per heavy atom. The van der Waals surface area contributed by atoms with Gasteiger partial charge in [0.25, 0.3) is 0 Å². The van der Waals surface area contributed by atoms with Crippen LogP contribution in [0, 0.1) is 18.6 Å². The first-order valence-corrected chi connectivity index (χ1v) is 9.65. The zero-order chi connectivity index (χ0) is 21.4. The van der Waals surface area contributed by atoms with Crippen molar-refractivity contribution in [2.45, 2.75) is 25.7 Å². The third kappa shape index (κ3) is 3.80. The summed E-state index contributed by atoms with van der Waals surface area (Å²) in [7, 11) is 0. The van der Waals surface area contributed by atoms with Gasteiger partial charge in [-0.25, -0.2) is 8.78 Å². The Morgan fingerprint density at radius 2 is 2.00 bits per heavy atom. The SMILES string of the molecule is Cc1ccc(-c2[nH]c3c(F)cc(F)cc3c2CCC(=O)N[C@H]2B(O)CNC2=O)cc1. The maximum Gasteiger partial charge on any atom is 0.342 e. The fourth-order valence-electron chi connectivity index (χ4n) is 3.75. The van der Waals surface area contributed by atoms with E-state index in [-0.39, 0.29) is 24.8 Å². The zero-order valence-corrected chi connectivity index (χ0v) is 16.3. The van der Waals surface area contributed by atoms with E-state index in [1.165, 1.54) is 6.07 Å². The van der Waals surface area contributed by atoms with Gasteiger partial charge in [-0.2, -0.15) is 0 Å². The van der Waals surface area contributed by atoms with Crippen LogP contribution < -0.4 is 10.6 Å². The second kappa shape index (κ2) is 7.91. The maximum absolute atomic E-state index is 14.4. The smallest absolute Gasteiger partial charge is 0.342 e. The molecule has 2 heterocycles. The molecule has 1 fully saturated rings. The summed E-state index contributed by atoms with van der Waals surface area (Å²) in [6, 6.07) is 9.62. The molecule has 0 saturated carbocycles. The van der Waals surface area contributed by atoms with Crippen LogP contribution in [0.5, 0.6) is 0 Å². The number of aryl methyl sites for hydroxylation is 2. The molecule has 3 aromatic rings. The molecule has 9 heteroatoms. The molecule has 0 bridgehead atoms. The Kier molecular flexibility index (Phi) is 5.30. The number of halogens is 2. The van der Waals surface area contributed by atoms with Crippen LogP contribution in [0.25, 0.3) is 22.2 Å². The summed E-state index contributed by atoms with van der Waals surface area (Å²) >= 11 is 0. The Bertz CT molecular complexity index is 1130. The average molecular weight is 411 g/mol. The highest BCUT2D eigenvalue weighted by molar-refractivity contribution is 6.60. The summed E-state index contributed by atoms with van der Waals surface area (Å²) < 4.78 is 28.2. The van der Waals surface area contributed by atoms with Crippen molar-refractivity contribution in [3.63, 3.8) is 0 Å². The van der Waals surface area contributed by atoms with Crippen molar-refractivity contribution < 1.29 is 23.4 Å². The number of carbonyl (C=O) groups excluding carboxylic acids is 2. The van der Waals surface area contributed by atoms with Crippen molar-refractivity contribution in [1.29, 1.82) is 0 Å². The lowest BCUT2D eigenvalue weighted by Gasteiger charge is -2.12. The molecule has 2 amide bonds. The van der Waals surface area contributed by atoms with E-state index < -0.39 is 36.3 Å². The Morgan fingerprint density at radius 3 is 2.67 bits per heavy atom. The Labute approximate surface area is 171 Å². The lowest BCUT2D eigenvalue weighted by atomic mass is 9.63. The van der Waals surface area contributed by atoms with Gasteiger partial charge in [0.05, 0.1) is 5.52 Å². The monoisotopic (exact) mass is 411 g/mol. The van der Waals surface area contributed by atoms with Crippen molar-refractivity contribution in [2.75, 3.05) is 6.44 Å². The van der Waals surface area contributed by atoms with E-state index in [2.05, 4.69) is 15.6 Å². The van der Waals surface area contributed by atoms with Crippen LogP contribution in [0.3, 0.4) is 0 Å². The molecule has 2 aromatic carbocycles. The number of benzene rings is 2. The Hall–Kier alpha value is -3.20. The van der Waals surface area contributed by atoms with Crippen LogP contribution >= 0.6 is 0 Å². The van der Waals surface area contributed by atoms with Crippen molar-refractivity contribution in [1.82, 2.24) is 15.6 Å². The molecule has 0 spiro atoms. The minimum atomic E-state index is -0.994. The van der Waals surface area contributed by atoms with Crippen LogP contribution in [-0.4, -0.2) is 41.1 Å². The largest absolute Gasteiger partial charge is 0.447 e. The van der Waals surface area contributed by atoms with E-state index in [1.54, 1.807) is 0 Å². The fourth-order valence-corrected chi connectivity index (χ4v) is 3.75. The highest BCUT2D eigenvalue weighted by atomic mass is 19.1. The highest BCUT2D eigenvalue weighted by Crippen LogP contribution is 2.33. The first kappa shape index (κ1) is 20.1. The summed E-state index contributed by atoms with van der Waals surface area (Å²) in [5.41, 5.74) is 3.24. The van der Waals surface area contributed by atoms with Gasteiger partial charge in [-0.3, -0.25) is 9.59 Å². The number of rotatable bonds is 5. The molecule has 1 saturated heterocycles. The molecular weight excluding hydrogens is 391 g/mol. The fraction of sp³-hybridized carbons (Fsp3) is 0.238. The number of fused-ring (bicyclic) bond motifs is 1. The minimum absolute atomic E-state index is 0.0134. The quantitative estimate of drug-likeness (QED) is 0.484. The van der Waals surface area contributed by atoms with Crippen molar-refractivity contribution in [3.8, 4) is 11.3 Å². The number of amides is 2. The summed E-state index contributed by atoms with van der Waals surface area (Å²) in [6.45, 7) is 0.962. The molecule has 0 aliphatic carbocycles. The van der Waals surface area contributed by atoms with Crippen LogP contribution in [-0.2, 0) is 16.0 Å². The molecule has 1 aromatic heterocycles. The molecular formula is C21H20BF2N3O3. The standard InChI is InChI=1S/C21H20BF2N3O3/c1-11-2-4-12(5-3-11)18-14(15-8-13(23)9-16(24)19(15)27-18)6-7-17(28)26-20-21(29)25-10-22(20)30/h2-5,8-9,20,27,30H,6-7,10H2,1H3,(H,25,29)(H,26,28)/t20-/m1/s1. The predicted molar refractivity (Wildman–Crippen MR) is 110 cm³/mol. The molecule has 1 aliphatic rings. The maximum atomic E-state index is 14.4. The number of hydrogen-bond acceptors (Lipinski definition) is 3. The van der Waals surface area contributed by atoms with Gasteiger partial charge in [0, 0.05) is 30.0 Å². The van der Waals surface area contributed by atoms with E-state index in [9.17, 15) is 23.4 Å². The number of hydrogen-bond donors (Lipinski definition) is 4. The lowest BCUT2D eigenvalue weighted by molar-refractivity contribution is -0.126. The molecule has 1 atom stereocenters. The predicted octanol–water partition coefficient (Wildman–Crippen LogP) is 2.03. The normalized spacial score (nSPS) is 16.2. The van der Waals surface area contributed by atoms with Crippen molar-refractivity contribution >= 4 is 29.6 Å². The number of nitrogens with one attached hydrogen (secondary N) is 3. The molecule has 0 unspecified atom stereocenters. The molecule has 30 heavy (non-hydrogen) atoms. The van der Waals surface area contributed by atoms with Gasteiger partial charge < -0.3 is 20.6 Å². The highest BCUT2D eigenvalue weighted by Gasteiger charge is 2.38. The van der Waals surface area contributed by atoms with Gasteiger partial charge in [-0.15, -0.1) is 0 Å². The summed E-state index contributed by atoms with van der Waals surface area (Å²) in [5.74, 6) is -3.28. The van der Waals surface area contributed by atoms with Crippen LogP contribution in [0.1, 0.15) is 17.5 Å². The third-order valence-electron chi connectivity index (χ3n) is 5.34. The molecule has 1 aliphatic heterocycles. The summed E-state index contributed by atoms with van der Waals surface area (Å²) in [6.07, 6.45) is 0.269. The van der Waals surface area contributed by atoms with Gasteiger partial charge in [0.15, 0.2) is 0 Å². The number of aromatic nitrogens is 1. The average Bonchev–Trinajstić information content (AvgIpc) is 3.22. The molecule has 154 valence electrons. The number of H-pyrrole nitrogens is 1. The topological polar surface area (TPSA) is 94.2 Å². The van der Waals surface area contributed by atoms with E-state index >= 15 is 0 Å². The van der Waals surface area contributed by atoms with E-state index in [1.807, 2.05) is 31.2 Å². The van der Waals surface area contributed by atoms with E-state index in [0.717, 1.165) is 17.2 Å². The summed E-state index contributed by atoms with van der Waals surface area (Å²) in [4.78, 5) is 27.1. The van der Waals surface area contributed by atoms with Gasteiger partial charge in [-0.1, -0.05) is 29.8 Å². The molecule has 4 N–H and O–H groups in total. The minimum Gasteiger partial charge on any atom is -0.447 e. The van der Waals surface area contributed by atoms with Crippen LogP contribution in [0.2, 0.25) is 0 Å². The molecule has 0 radical (unpaired) electrons. The Balaban J connectivity index is 1.64. The third-order valence-corrected chi connectivity index (χ3v) is 5.34. The molecule has 4 rings (SSSR count). The van der Waals surface area contributed by atoms with E-state index in [0.29, 0.717) is 16.6 Å².